The summed E-state index contributed by atoms with van der Waals surface area (Å²) in [7, 11) is 0. The normalized spacial score (nSPS) is 9.62. The monoisotopic (exact) mass is 280 g/mol. The number of hydrogen-bond donors (Lipinski definition) is 3. The summed E-state index contributed by atoms with van der Waals surface area (Å²) in [6.07, 6.45) is 0. The Balaban J connectivity index is 2.18. The maximum absolute atomic E-state index is 12.1. The number of anilines is 1. The third-order valence-corrected chi connectivity index (χ3v) is 2.92. The predicted molar refractivity (Wildman–Crippen MR) is 83.2 cm³/mol. The Morgan fingerprint density at radius 1 is 1.29 bits per heavy atom. The minimum atomic E-state index is -0.269. The third-order valence-electron chi connectivity index (χ3n) is 2.92. The standard InChI is InChI=1S/C17H16N2O2/c1-12-10-13(4-3-9-18)7-8-16(12)19-17(21)14-5-2-6-15(20)11-14/h2,5-8,10-11,20H,9,18H2,1H3,(H,19,21). The van der Waals surface area contributed by atoms with Crippen LogP contribution in [0.2, 0.25) is 0 Å². The average Bonchev–Trinajstić information content (AvgIpc) is 2.47. The first kappa shape index (κ1) is 14.6. The average molecular weight is 280 g/mol. The zero-order valence-corrected chi connectivity index (χ0v) is 11.7. The molecule has 4 N–H and O–H groups in total. The van der Waals surface area contributed by atoms with E-state index in [1.807, 2.05) is 19.1 Å². The number of phenolic OH excluding ortho intramolecular Hbond substituents is 1. The molecule has 0 radical (unpaired) electrons. The number of nitrogens with two attached hydrogens (primary N) is 1. The van der Waals surface area contributed by atoms with E-state index in [9.17, 15) is 9.90 Å². The fourth-order valence-electron chi connectivity index (χ4n) is 1.88. The summed E-state index contributed by atoms with van der Waals surface area (Å²) in [5.41, 5.74) is 8.21. The summed E-state index contributed by atoms with van der Waals surface area (Å²) in [5.74, 6) is 5.52. The van der Waals surface area contributed by atoms with Crippen LogP contribution in [0.1, 0.15) is 21.5 Å². The van der Waals surface area contributed by atoms with E-state index in [2.05, 4.69) is 17.2 Å². The third kappa shape index (κ3) is 3.85. The van der Waals surface area contributed by atoms with Gasteiger partial charge in [0.05, 0.1) is 6.54 Å². The first-order chi connectivity index (χ1) is 10.1. The molecule has 1 amide bonds. The minimum Gasteiger partial charge on any atom is -0.508 e. The molecule has 4 nitrogen and oxygen atoms in total. The van der Waals surface area contributed by atoms with Crippen molar-refractivity contribution in [2.24, 2.45) is 5.73 Å². The second-order valence-electron chi connectivity index (χ2n) is 4.54. The molecule has 106 valence electrons. The second kappa shape index (κ2) is 6.60. The van der Waals surface area contributed by atoms with Crippen LogP contribution in [0.25, 0.3) is 0 Å². The van der Waals surface area contributed by atoms with Gasteiger partial charge < -0.3 is 16.2 Å². The van der Waals surface area contributed by atoms with Crippen LogP contribution < -0.4 is 11.1 Å². The number of benzene rings is 2. The van der Waals surface area contributed by atoms with Crippen molar-refractivity contribution >= 4 is 11.6 Å². The van der Waals surface area contributed by atoms with Gasteiger partial charge >= 0.3 is 0 Å². The molecule has 0 aliphatic carbocycles. The quantitative estimate of drug-likeness (QED) is 0.739. The van der Waals surface area contributed by atoms with Gasteiger partial charge in [0, 0.05) is 16.8 Å². The summed E-state index contributed by atoms with van der Waals surface area (Å²) < 4.78 is 0. The zero-order valence-electron chi connectivity index (χ0n) is 11.7. The number of phenols is 1. The molecule has 0 spiro atoms. The van der Waals surface area contributed by atoms with Crippen LogP contribution in [0.5, 0.6) is 5.75 Å². The van der Waals surface area contributed by atoms with Gasteiger partial charge in [0.1, 0.15) is 5.75 Å². The summed E-state index contributed by atoms with van der Waals surface area (Å²) in [4.78, 5) is 12.1. The molecule has 0 aliphatic rings. The molecule has 0 aromatic heterocycles. The van der Waals surface area contributed by atoms with Crippen molar-refractivity contribution in [3.8, 4) is 17.6 Å². The number of carbonyl (C=O) groups is 1. The lowest BCUT2D eigenvalue weighted by Gasteiger charge is -2.09. The van der Waals surface area contributed by atoms with Crippen LogP contribution in [0, 0.1) is 18.8 Å². The van der Waals surface area contributed by atoms with E-state index in [-0.39, 0.29) is 11.7 Å². The van der Waals surface area contributed by atoms with Crippen LogP contribution in [0.15, 0.2) is 42.5 Å². The lowest BCUT2D eigenvalue weighted by Crippen LogP contribution is -2.12. The van der Waals surface area contributed by atoms with Crippen molar-refractivity contribution in [3.63, 3.8) is 0 Å². The zero-order chi connectivity index (χ0) is 15.2. The Labute approximate surface area is 123 Å². The largest absolute Gasteiger partial charge is 0.508 e. The maximum atomic E-state index is 12.1. The Kier molecular flexibility index (Phi) is 4.60. The Morgan fingerprint density at radius 3 is 2.76 bits per heavy atom. The van der Waals surface area contributed by atoms with Crippen molar-refractivity contribution in [3.05, 3.63) is 59.2 Å². The van der Waals surface area contributed by atoms with E-state index >= 15 is 0 Å². The molecule has 0 unspecified atom stereocenters. The molecule has 21 heavy (non-hydrogen) atoms. The SMILES string of the molecule is Cc1cc(C#CCN)ccc1NC(=O)c1cccc(O)c1. The number of amides is 1. The Hall–Kier alpha value is -2.77. The molecular weight excluding hydrogens is 264 g/mol. The minimum absolute atomic E-state index is 0.0618. The summed E-state index contributed by atoms with van der Waals surface area (Å²) in [5, 5.41) is 12.2. The first-order valence-corrected chi connectivity index (χ1v) is 6.50. The van der Waals surface area contributed by atoms with Crippen molar-refractivity contribution < 1.29 is 9.90 Å². The topological polar surface area (TPSA) is 75.3 Å². The van der Waals surface area contributed by atoms with E-state index in [1.165, 1.54) is 12.1 Å². The second-order valence-corrected chi connectivity index (χ2v) is 4.54. The van der Waals surface area contributed by atoms with Crippen LogP contribution in [0.3, 0.4) is 0 Å². The van der Waals surface area contributed by atoms with Gasteiger partial charge in [-0.3, -0.25) is 4.79 Å². The van der Waals surface area contributed by atoms with E-state index in [0.29, 0.717) is 17.8 Å². The van der Waals surface area contributed by atoms with Crippen LogP contribution in [0.4, 0.5) is 5.69 Å². The molecule has 0 aliphatic heterocycles. The van der Waals surface area contributed by atoms with Gasteiger partial charge in [0.15, 0.2) is 0 Å². The summed E-state index contributed by atoms with van der Waals surface area (Å²) >= 11 is 0. The molecular formula is C17H16N2O2. The van der Waals surface area contributed by atoms with Crippen molar-refractivity contribution in [1.29, 1.82) is 0 Å². The lowest BCUT2D eigenvalue weighted by molar-refractivity contribution is 0.102. The lowest BCUT2D eigenvalue weighted by atomic mass is 10.1. The van der Waals surface area contributed by atoms with Crippen molar-refractivity contribution in [2.75, 3.05) is 11.9 Å². The fraction of sp³-hybridized carbons (Fsp3) is 0.118. The number of rotatable bonds is 2. The Morgan fingerprint density at radius 2 is 2.10 bits per heavy atom. The molecule has 0 saturated heterocycles. The maximum Gasteiger partial charge on any atom is 0.255 e. The number of carbonyl (C=O) groups excluding carboxylic acids is 1. The molecule has 0 atom stereocenters. The molecule has 2 rings (SSSR count). The van der Waals surface area contributed by atoms with Crippen molar-refractivity contribution in [2.45, 2.75) is 6.92 Å². The van der Waals surface area contributed by atoms with E-state index in [4.69, 9.17) is 5.73 Å². The van der Waals surface area contributed by atoms with E-state index in [1.54, 1.807) is 18.2 Å². The smallest absolute Gasteiger partial charge is 0.255 e. The molecule has 0 bridgehead atoms. The van der Waals surface area contributed by atoms with Gasteiger partial charge in [-0.1, -0.05) is 17.9 Å². The van der Waals surface area contributed by atoms with Gasteiger partial charge in [-0.25, -0.2) is 0 Å². The highest BCUT2D eigenvalue weighted by Crippen LogP contribution is 2.18. The molecule has 0 fully saturated rings. The van der Waals surface area contributed by atoms with Gasteiger partial charge in [-0.05, 0) is 48.9 Å². The molecule has 2 aromatic carbocycles. The highest BCUT2D eigenvalue weighted by Gasteiger charge is 2.08. The molecule has 0 heterocycles. The summed E-state index contributed by atoms with van der Waals surface area (Å²) in [6.45, 7) is 2.21. The van der Waals surface area contributed by atoms with E-state index in [0.717, 1.165) is 11.1 Å². The van der Waals surface area contributed by atoms with Crippen molar-refractivity contribution in [1.82, 2.24) is 0 Å². The van der Waals surface area contributed by atoms with E-state index < -0.39 is 0 Å². The first-order valence-electron chi connectivity index (χ1n) is 6.50. The molecule has 0 saturated carbocycles. The number of aryl methyl sites for hydroxylation is 1. The highest BCUT2D eigenvalue weighted by molar-refractivity contribution is 6.04. The number of aromatic hydroxyl groups is 1. The van der Waals surface area contributed by atoms with Crippen LogP contribution >= 0.6 is 0 Å². The van der Waals surface area contributed by atoms with Crippen LogP contribution in [-0.4, -0.2) is 17.6 Å². The molecule has 4 heteroatoms. The van der Waals surface area contributed by atoms with Gasteiger partial charge in [-0.2, -0.15) is 0 Å². The number of hydrogen-bond acceptors (Lipinski definition) is 3. The van der Waals surface area contributed by atoms with Crippen LogP contribution in [-0.2, 0) is 0 Å². The van der Waals surface area contributed by atoms with Gasteiger partial charge in [0.2, 0.25) is 0 Å². The number of nitrogens with one attached hydrogen (secondary N) is 1. The fourth-order valence-corrected chi connectivity index (χ4v) is 1.88. The predicted octanol–water partition coefficient (Wildman–Crippen LogP) is 2.26. The Bertz CT molecular complexity index is 727. The van der Waals surface area contributed by atoms with Gasteiger partial charge in [-0.15, -0.1) is 0 Å². The van der Waals surface area contributed by atoms with Gasteiger partial charge in [0.25, 0.3) is 5.91 Å². The molecule has 2 aromatic rings. The highest BCUT2D eigenvalue weighted by atomic mass is 16.3. The summed E-state index contributed by atoms with van der Waals surface area (Å²) in [6, 6.07) is 11.7.